The second-order valence-electron chi connectivity index (χ2n) is 4.08. The summed E-state index contributed by atoms with van der Waals surface area (Å²) in [6.45, 7) is 2.65. The van der Waals surface area contributed by atoms with Crippen LogP contribution in [0.5, 0.6) is 11.5 Å². The van der Waals surface area contributed by atoms with Crippen molar-refractivity contribution in [1.29, 1.82) is 0 Å². The van der Waals surface area contributed by atoms with E-state index in [9.17, 15) is 0 Å². The van der Waals surface area contributed by atoms with E-state index in [0.29, 0.717) is 6.54 Å². The molecule has 1 unspecified atom stereocenters. The molecule has 0 aliphatic heterocycles. The lowest BCUT2D eigenvalue weighted by Gasteiger charge is -2.15. The average molecular weight is 259 g/mol. The summed E-state index contributed by atoms with van der Waals surface area (Å²) in [5.74, 6) is 2.37. The second kappa shape index (κ2) is 6.58. The zero-order valence-corrected chi connectivity index (χ0v) is 11.0. The third kappa shape index (κ3) is 4.13. The Morgan fingerprint density at radius 3 is 2.53 bits per heavy atom. The molecule has 1 aromatic carbocycles. The molecule has 0 amide bonds. The summed E-state index contributed by atoms with van der Waals surface area (Å²) in [5, 5.41) is 3.16. The Morgan fingerprint density at radius 2 is 1.89 bits per heavy atom. The minimum atomic E-state index is 0.0235. The smallest absolute Gasteiger partial charge is 0.144 e. The van der Waals surface area contributed by atoms with Crippen LogP contribution in [0, 0.1) is 0 Å². The van der Waals surface area contributed by atoms with Crippen LogP contribution in [0.2, 0.25) is 0 Å². The lowest BCUT2D eigenvalue weighted by atomic mass is 10.3. The number of rotatable bonds is 6. The molecule has 2 aromatic rings. The molecule has 1 aromatic heterocycles. The molecule has 5 nitrogen and oxygen atoms in total. The van der Waals surface area contributed by atoms with E-state index in [4.69, 9.17) is 9.47 Å². The van der Waals surface area contributed by atoms with Crippen molar-refractivity contribution < 1.29 is 9.47 Å². The maximum Gasteiger partial charge on any atom is 0.144 e. The summed E-state index contributed by atoms with van der Waals surface area (Å²) in [7, 11) is 1.64. The van der Waals surface area contributed by atoms with Crippen molar-refractivity contribution in [3.05, 3.63) is 42.9 Å². The lowest BCUT2D eigenvalue weighted by Crippen LogP contribution is -2.23. The summed E-state index contributed by atoms with van der Waals surface area (Å²) >= 11 is 0. The van der Waals surface area contributed by atoms with Crippen LogP contribution in [0.1, 0.15) is 6.92 Å². The predicted octanol–water partition coefficient (Wildman–Crippen LogP) is 2.36. The molecule has 0 bridgehead atoms. The Bertz CT molecular complexity index is 488. The topological polar surface area (TPSA) is 56.3 Å². The van der Waals surface area contributed by atoms with E-state index in [1.54, 1.807) is 25.7 Å². The maximum atomic E-state index is 5.77. The minimum Gasteiger partial charge on any atom is -0.497 e. The molecule has 0 spiro atoms. The Labute approximate surface area is 112 Å². The standard InChI is InChI=1S/C14H17N3O2/c1-11(9-17-14-10-15-7-8-16-14)19-13-5-3-12(18-2)4-6-13/h3-8,10-11H,9H2,1-2H3,(H,16,17). The van der Waals surface area contributed by atoms with Crippen LogP contribution in [0.25, 0.3) is 0 Å². The van der Waals surface area contributed by atoms with E-state index in [0.717, 1.165) is 17.3 Å². The molecule has 1 atom stereocenters. The quantitative estimate of drug-likeness (QED) is 0.863. The number of benzene rings is 1. The number of hydrogen-bond donors (Lipinski definition) is 1. The van der Waals surface area contributed by atoms with Crippen molar-refractivity contribution in [2.24, 2.45) is 0 Å². The fraction of sp³-hybridized carbons (Fsp3) is 0.286. The lowest BCUT2D eigenvalue weighted by molar-refractivity contribution is 0.234. The Hall–Kier alpha value is -2.30. The van der Waals surface area contributed by atoms with Gasteiger partial charge in [0.15, 0.2) is 0 Å². The van der Waals surface area contributed by atoms with Crippen LogP contribution >= 0.6 is 0 Å². The highest BCUT2D eigenvalue weighted by atomic mass is 16.5. The van der Waals surface area contributed by atoms with Gasteiger partial charge in [-0.05, 0) is 31.2 Å². The van der Waals surface area contributed by atoms with Crippen LogP contribution in [-0.2, 0) is 0 Å². The number of nitrogens with one attached hydrogen (secondary N) is 1. The molecule has 1 heterocycles. The van der Waals surface area contributed by atoms with E-state index in [-0.39, 0.29) is 6.10 Å². The normalized spacial score (nSPS) is 11.7. The largest absolute Gasteiger partial charge is 0.497 e. The molecule has 0 aliphatic rings. The van der Waals surface area contributed by atoms with Crippen LogP contribution in [0.15, 0.2) is 42.9 Å². The fourth-order valence-corrected chi connectivity index (χ4v) is 1.57. The third-order valence-electron chi connectivity index (χ3n) is 2.53. The molecule has 100 valence electrons. The first-order chi connectivity index (χ1) is 9.28. The first-order valence-corrected chi connectivity index (χ1v) is 6.08. The number of ether oxygens (including phenoxy) is 2. The van der Waals surface area contributed by atoms with Crippen molar-refractivity contribution >= 4 is 5.82 Å². The molecule has 0 fully saturated rings. The summed E-state index contributed by atoms with van der Waals surface area (Å²) < 4.78 is 10.9. The minimum absolute atomic E-state index is 0.0235. The molecule has 1 N–H and O–H groups in total. The van der Waals surface area contributed by atoms with Gasteiger partial charge in [-0.1, -0.05) is 0 Å². The molecule has 0 saturated carbocycles. The molecule has 0 saturated heterocycles. The molecule has 19 heavy (non-hydrogen) atoms. The average Bonchev–Trinajstić information content (AvgIpc) is 2.47. The number of methoxy groups -OCH3 is 1. The van der Waals surface area contributed by atoms with Gasteiger partial charge in [0.1, 0.15) is 23.4 Å². The summed E-state index contributed by atoms with van der Waals surface area (Å²) in [5.41, 5.74) is 0. The van der Waals surface area contributed by atoms with E-state index in [1.807, 2.05) is 31.2 Å². The van der Waals surface area contributed by atoms with Crippen molar-refractivity contribution in [2.45, 2.75) is 13.0 Å². The van der Waals surface area contributed by atoms with Crippen molar-refractivity contribution in [1.82, 2.24) is 9.97 Å². The van der Waals surface area contributed by atoms with Gasteiger partial charge in [-0.15, -0.1) is 0 Å². The van der Waals surface area contributed by atoms with Crippen LogP contribution in [0.4, 0.5) is 5.82 Å². The molecule has 5 heteroatoms. The number of nitrogens with zero attached hydrogens (tertiary/aromatic N) is 2. The van der Waals surface area contributed by atoms with Crippen molar-refractivity contribution in [3.8, 4) is 11.5 Å². The monoisotopic (exact) mass is 259 g/mol. The summed E-state index contributed by atoms with van der Waals surface area (Å²) in [6, 6.07) is 7.52. The van der Waals surface area contributed by atoms with Gasteiger partial charge in [0.05, 0.1) is 19.9 Å². The van der Waals surface area contributed by atoms with Gasteiger partial charge in [0, 0.05) is 12.4 Å². The highest BCUT2D eigenvalue weighted by Crippen LogP contribution is 2.18. The predicted molar refractivity (Wildman–Crippen MR) is 73.6 cm³/mol. The van der Waals surface area contributed by atoms with E-state index >= 15 is 0 Å². The van der Waals surface area contributed by atoms with Gasteiger partial charge in [-0.3, -0.25) is 4.98 Å². The van der Waals surface area contributed by atoms with Gasteiger partial charge < -0.3 is 14.8 Å². The molecule has 2 rings (SSSR count). The van der Waals surface area contributed by atoms with Gasteiger partial charge in [-0.25, -0.2) is 4.98 Å². The zero-order valence-electron chi connectivity index (χ0n) is 11.0. The highest BCUT2D eigenvalue weighted by molar-refractivity contribution is 5.32. The number of aromatic nitrogens is 2. The van der Waals surface area contributed by atoms with Gasteiger partial charge in [0.2, 0.25) is 0 Å². The van der Waals surface area contributed by atoms with Crippen LogP contribution < -0.4 is 14.8 Å². The SMILES string of the molecule is COc1ccc(OC(C)CNc2cnccn2)cc1. The Balaban J connectivity index is 1.82. The van der Waals surface area contributed by atoms with Gasteiger partial charge >= 0.3 is 0 Å². The molecular weight excluding hydrogens is 242 g/mol. The van der Waals surface area contributed by atoms with Crippen molar-refractivity contribution in [2.75, 3.05) is 19.0 Å². The third-order valence-corrected chi connectivity index (χ3v) is 2.53. The van der Waals surface area contributed by atoms with E-state index < -0.39 is 0 Å². The van der Waals surface area contributed by atoms with Gasteiger partial charge in [-0.2, -0.15) is 0 Å². The highest BCUT2D eigenvalue weighted by Gasteiger charge is 2.04. The summed E-state index contributed by atoms with van der Waals surface area (Å²) in [4.78, 5) is 8.12. The maximum absolute atomic E-state index is 5.77. The second-order valence-corrected chi connectivity index (χ2v) is 4.08. The van der Waals surface area contributed by atoms with E-state index in [2.05, 4.69) is 15.3 Å². The van der Waals surface area contributed by atoms with Crippen LogP contribution in [0.3, 0.4) is 0 Å². The molecule has 0 aliphatic carbocycles. The number of hydrogen-bond acceptors (Lipinski definition) is 5. The van der Waals surface area contributed by atoms with Gasteiger partial charge in [0.25, 0.3) is 0 Å². The first kappa shape index (κ1) is 13.1. The Morgan fingerprint density at radius 1 is 1.16 bits per heavy atom. The van der Waals surface area contributed by atoms with Crippen LogP contribution in [-0.4, -0.2) is 29.7 Å². The zero-order chi connectivity index (χ0) is 13.5. The molecule has 0 radical (unpaired) electrons. The van der Waals surface area contributed by atoms with E-state index in [1.165, 1.54) is 0 Å². The first-order valence-electron chi connectivity index (χ1n) is 6.08. The summed E-state index contributed by atoms with van der Waals surface area (Å²) in [6.07, 6.45) is 5.00. The number of anilines is 1. The fourth-order valence-electron chi connectivity index (χ4n) is 1.57. The Kier molecular flexibility index (Phi) is 4.55. The van der Waals surface area contributed by atoms with Crippen molar-refractivity contribution in [3.63, 3.8) is 0 Å². The molecular formula is C14H17N3O2.